The van der Waals surface area contributed by atoms with Crippen LogP contribution in [0.15, 0.2) is 0 Å². The first-order valence-electron chi connectivity index (χ1n) is 16.0. The Kier molecular flexibility index (Phi) is 30.1. The van der Waals surface area contributed by atoms with Crippen LogP contribution in [0.3, 0.4) is 0 Å². The molecule has 0 aromatic rings. The van der Waals surface area contributed by atoms with Gasteiger partial charge in [-0.2, -0.15) is 0 Å². The first-order valence-corrected chi connectivity index (χ1v) is 18.9. The summed E-state index contributed by atoms with van der Waals surface area (Å²) in [6, 6.07) is 0. The number of carboxylic acid groups (broad SMARTS) is 1. The van der Waals surface area contributed by atoms with E-state index in [1.807, 2.05) is 0 Å². The zero-order valence-corrected chi connectivity index (χ0v) is 29.8. The maximum Gasteiger partial charge on any atom is 0.329 e. The van der Waals surface area contributed by atoms with Crippen molar-refractivity contribution in [2.75, 3.05) is 145 Å². The molecule has 1 amide bonds. The third-order valence-corrected chi connectivity index (χ3v) is 11.0. The van der Waals surface area contributed by atoms with Crippen molar-refractivity contribution in [2.24, 2.45) is 0 Å². The summed E-state index contributed by atoms with van der Waals surface area (Å²) in [5.41, 5.74) is 0. The summed E-state index contributed by atoms with van der Waals surface area (Å²) in [5.74, 6) is -1.52. The monoisotopic (exact) mass is 687 g/mol. The summed E-state index contributed by atoms with van der Waals surface area (Å²) < 4.78 is 59.8. The molecule has 0 aromatic carbocycles. The third kappa shape index (κ3) is 31.3. The summed E-state index contributed by atoms with van der Waals surface area (Å²) >= 11 is 0. The Hall–Kier alpha value is -1.28. The average Bonchev–Trinajstić information content (AvgIpc) is 2.99. The first-order chi connectivity index (χ1) is 22.1. The molecule has 0 atom stereocenters. The molecule has 0 unspecified atom stereocenters. The van der Waals surface area contributed by atoms with E-state index in [9.17, 15) is 9.59 Å². The van der Waals surface area contributed by atoms with E-state index < -0.39 is 26.8 Å². The van der Waals surface area contributed by atoms with E-state index >= 15 is 0 Å². The lowest BCUT2D eigenvalue weighted by molar-refractivity contribution is -0.143. The van der Waals surface area contributed by atoms with Crippen molar-refractivity contribution in [1.29, 1.82) is 0 Å². The lowest BCUT2D eigenvalue weighted by Gasteiger charge is -2.36. The van der Waals surface area contributed by atoms with E-state index in [1.165, 1.54) is 0 Å². The number of ether oxygens (including phenoxy) is 10. The normalized spacial score (nSPS) is 12.1. The van der Waals surface area contributed by atoms with E-state index in [0.717, 1.165) is 0 Å². The zero-order chi connectivity index (χ0) is 34.2. The maximum absolute atomic E-state index is 11.4. The lowest BCUT2D eigenvalue weighted by atomic mass is 10.2. The molecule has 274 valence electrons. The van der Waals surface area contributed by atoms with Crippen molar-refractivity contribution in [3.8, 4) is 0 Å². The van der Waals surface area contributed by atoms with Gasteiger partial charge in [-0.15, -0.1) is 0 Å². The Bertz CT molecular complexity index is 712. The fourth-order valence-corrected chi connectivity index (χ4v) is 4.00. The predicted molar refractivity (Wildman–Crippen MR) is 172 cm³/mol. The van der Waals surface area contributed by atoms with Crippen molar-refractivity contribution in [2.45, 2.75) is 38.9 Å². The van der Waals surface area contributed by atoms with Gasteiger partial charge in [-0.25, -0.2) is 4.79 Å². The van der Waals surface area contributed by atoms with Gasteiger partial charge in [-0.1, -0.05) is 20.8 Å². The van der Waals surface area contributed by atoms with E-state index in [0.29, 0.717) is 132 Å². The molecule has 0 aliphatic rings. The molecule has 0 heterocycles. The minimum absolute atomic E-state index is 0.209. The van der Waals surface area contributed by atoms with Crippen LogP contribution in [-0.4, -0.2) is 171 Å². The van der Waals surface area contributed by atoms with Crippen LogP contribution >= 0.6 is 0 Å². The van der Waals surface area contributed by atoms with Crippen LogP contribution in [0.1, 0.15) is 20.8 Å². The minimum Gasteiger partial charge on any atom is -0.480 e. The molecule has 0 radical (unpaired) electrons. The highest BCUT2D eigenvalue weighted by Gasteiger charge is 2.36. The van der Waals surface area contributed by atoms with Crippen LogP contribution in [0.2, 0.25) is 18.1 Å². The zero-order valence-electron chi connectivity index (χ0n) is 28.8. The molecular weight excluding hydrogens is 626 g/mol. The van der Waals surface area contributed by atoms with Crippen molar-refractivity contribution in [3.05, 3.63) is 0 Å². The van der Waals surface area contributed by atoms with Gasteiger partial charge in [0.1, 0.15) is 13.2 Å². The van der Waals surface area contributed by atoms with E-state index in [1.54, 1.807) is 0 Å². The predicted octanol–water partition coefficient (Wildman–Crippen LogP) is 1.38. The fraction of sp³-hybridized carbons (Fsp3) is 0.933. The number of hydrogen-bond acceptors (Lipinski definition) is 13. The number of hydrogen-bond donors (Lipinski definition) is 2. The Morgan fingerprint density at radius 2 is 0.804 bits per heavy atom. The molecule has 0 fully saturated rings. The van der Waals surface area contributed by atoms with Crippen LogP contribution in [0.25, 0.3) is 0 Å². The van der Waals surface area contributed by atoms with Gasteiger partial charge >= 0.3 is 5.97 Å². The standard InChI is InChI=1S/C30H61NO14Si/c1-30(2,3)46(4,5)45-25-24-43-23-22-42-21-20-41-19-18-40-17-16-39-15-14-38-13-12-37-11-10-36-9-8-35-7-6-31-28(32)26-44-27-29(33)34/h6-27H2,1-5H3,(H,31,32)(H,33,34). The van der Waals surface area contributed by atoms with Crippen LogP contribution in [0, 0.1) is 0 Å². The van der Waals surface area contributed by atoms with Gasteiger partial charge in [0.25, 0.3) is 0 Å². The van der Waals surface area contributed by atoms with E-state index in [4.69, 9.17) is 52.2 Å². The molecule has 16 heteroatoms. The third-order valence-electron chi connectivity index (χ3n) is 6.50. The van der Waals surface area contributed by atoms with Gasteiger partial charge in [0.05, 0.1) is 126 Å². The molecule has 0 aromatic heterocycles. The van der Waals surface area contributed by atoms with Crippen molar-refractivity contribution < 1.29 is 66.5 Å². The van der Waals surface area contributed by atoms with Gasteiger partial charge < -0.3 is 62.2 Å². The first kappa shape index (κ1) is 44.7. The summed E-state index contributed by atoms with van der Waals surface area (Å²) in [4.78, 5) is 21.6. The van der Waals surface area contributed by atoms with Crippen LogP contribution in [-0.2, 0) is 61.4 Å². The van der Waals surface area contributed by atoms with Crippen LogP contribution in [0.4, 0.5) is 0 Å². The maximum atomic E-state index is 11.4. The smallest absolute Gasteiger partial charge is 0.329 e. The summed E-state index contributed by atoms with van der Waals surface area (Å²) in [6.07, 6.45) is 0. The van der Waals surface area contributed by atoms with Gasteiger partial charge in [0, 0.05) is 6.54 Å². The van der Waals surface area contributed by atoms with Crippen LogP contribution < -0.4 is 5.32 Å². The average molecular weight is 688 g/mol. The highest BCUT2D eigenvalue weighted by atomic mass is 28.4. The summed E-state index contributed by atoms with van der Waals surface area (Å²) in [6.45, 7) is 19.8. The largest absolute Gasteiger partial charge is 0.480 e. The number of carbonyl (C=O) groups excluding carboxylic acids is 1. The second-order valence-electron chi connectivity index (χ2n) is 11.4. The Labute approximate surface area is 276 Å². The molecular formula is C30H61NO14Si. The van der Waals surface area contributed by atoms with Crippen molar-refractivity contribution in [1.82, 2.24) is 5.32 Å². The number of nitrogens with one attached hydrogen (secondary N) is 1. The molecule has 2 N–H and O–H groups in total. The van der Waals surface area contributed by atoms with Crippen molar-refractivity contribution >= 4 is 20.2 Å². The van der Waals surface area contributed by atoms with Gasteiger partial charge in [-0.3, -0.25) is 4.79 Å². The molecule has 0 saturated carbocycles. The summed E-state index contributed by atoms with van der Waals surface area (Å²) in [5, 5.41) is 11.2. The van der Waals surface area contributed by atoms with Gasteiger partial charge in [0.15, 0.2) is 8.32 Å². The lowest BCUT2D eigenvalue weighted by Crippen LogP contribution is -2.41. The second kappa shape index (κ2) is 31.0. The number of aliphatic carboxylic acids is 1. The number of carboxylic acids is 1. The van der Waals surface area contributed by atoms with Gasteiger partial charge in [-0.05, 0) is 18.1 Å². The molecule has 0 saturated heterocycles. The fourth-order valence-electron chi connectivity index (χ4n) is 2.98. The number of carbonyl (C=O) groups is 2. The number of rotatable bonds is 35. The van der Waals surface area contributed by atoms with E-state index in [2.05, 4.69) is 43.9 Å². The molecule has 0 bridgehead atoms. The minimum atomic E-state index is -1.71. The second-order valence-corrected chi connectivity index (χ2v) is 16.2. The highest BCUT2D eigenvalue weighted by Crippen LogP contribution is 2.36. The van der Waals surface area contributed by atoms with Gasteiger partial charge in [0.2, 0.25) is 5.91 Å². The molecule has 15 nitrogen and oxygen atoms in total. The molecule has 46 heavy (non-hydrogen) atoms. The number of amides is 1. The Morgan fingerprint density at radius 1 is 0.500 bits per heavy atom. The quantitative estimate of drug-likeness (QED) is 0.0724. The van der Waals surface area contributed by atoms with Crippen LogP contribution in [0.5, 0.6) is 0 Å². The summed E-state index contributed by atoms with van der Waals surface area (Å²) in [7, 11) is -1.71. The SMILES string of the molecule is CC(C)(C)[Si](C)(C)OCCOCCOCCOCCOCCOCCOCCOCCOCCOCCNC(=O)COCC(=O)O. The molecule has 0 aliphatic heterocycles. The topological polar surface area (TPSA) is 168 Å². The highest BCUT2D eigenvalue weighted by molar-refractivity contribution is 6.74. The molecule has 0 spiro atoms. The Balaban J connectivity index is 3.17. The Morgan fingerprint density at radius 3 is 1.11 bits per heavy atom. The molecule has 0 rings (SSSR count). The molecule has 0 aliphatic carbocycles. The van der Waals surface area contributed by atoms with E-state index in [-0.39, 0.29) is 11.6 Å². The van der Waals surface area contributed by atoms with Crippen molar-refractivity contribution in [3.63, 3.8) is 0 Å².